The van der Waals surface area contributed by atoms with Gasteiger partial charge in [0.15, 0.2) is 0 Å². The first-order chi connectivity index (χ1) is 10.2. The van der Waals surface area contributed by atoms with Crippen LogP contribution in [-0.4, -0.2) is 5.91 Å². The van der Waals surface area contributed by atoms with E-state index in [1.54, 1.807) is 0 Å². The second-order valence-electron chi connectivity index (χ2n) is 6.18. The lowest BCUT2D eigenvalue weighted by Crippen LogP contribution is -2.27. The van der Waals surface area contributed by atoms with Gasteiger partial charge in [-0.15, -0.1) is 11.6 Å². The molecular formula is C18H26ClNO. The highest BCUT2D eigenvalue weighted by molar-refractivity contribution is 6.17. The molecule has 1 fully saturated rings. The summed E-state index contributed by atoms with van der Waals surface area (Å²) in [5.74, 6) is 1.68. The number of hydrogen-bond donors (Lipinski definition) is 1. The number of carbonyl (C=O) groups excluding carboxylic acids is 1. The van der Waals surface area contributed by atoms with Gasteiger partial charge in [0.25, 0.3) is 0 Å². The predicted molar refractivity (Wildman–Crippen MR) is 89.6 cm³/mol. The van der Waals surface area contributed by atoms with Crippen molar-refractivity contribution in [2.75, 3.05) is 5.32 Å². The van der Waals surface area contributed by atoms with Gasteiger partial charge in [0, 0.05) is 17.5 Å². The summed E-state index contributed by atoms with van der Waals surface area (Å²) in [6.07, 6.45) is 8.43. The number of alkyl halides is 1. The largest absolute Gasteiger partial charge is 0.326 e. The Morgan fingerprint density at radius 1 is 1.29 bits per heavy atom. The molecule has 1 aromatic carbocycles. The van der Waals surface area contributed by atoms with Crippen LogP contribution in [0.2, 0.25) is 0 Å². The molecule has 0 saturated heterocycles. The molecule has 0 bridgehead atoms. The maximum Gasteiger partial charge on any atom is 0.227 e. The Bertz CT molecular complexity index is 452. The highest BCUT2D eigenvalue weighted by atomic mass is 35.5. The third kappa shape index (κ3) is 5.03. The molecule has 0 atom stereocenters. The molecule has 1 aliphatic carbocycles. The highest BCUT2D eigenvalue weighted by Crippen LogP contribution is 2.32. The molecule has 2 rings (SSSR count). The third-order valence-corrected chi connectivity index (χ3v) is 4.84. The number of carbonyl (C=O) groups is 1. The summed E-state index contributed by atoms with van der Waals surface area (Å²) in [6.45, 7) is 2.24. The Kier molecular flexibility index (Phi) is 6.56. The molecule has 2 nitrogen and oxygen atoms in total. The van der Waals surface area contributed by atoms with Crippen LogP contribution in [0.3, 0.4) is 0 Å². The van der Waals surface area contributed by atoms with Crippen molar-refractivity contribution in [1.29, 1.82) is 0 Å². The van der Waals surface area contributed by atoms with E-state index in [0.717, 1.165) is 30.0 Å². The second kappa shape index (κ2) is 8.43. The van der Waals surface area contributed by atoms with Gasteiger partial charge in [0.2, 0.25) is 5.91 Å². The number of halogens is 1. The van der Waals surface area contributed by atoms with Crippen LogP contribution in [0.4, 0.5) is 5.69 Å². The van der Waals surface area contributed by atoms with Crippen molar-refractivity contribution >= 4 is 23.2 Å². The number of unbranched alkanes of at least 4 members (excludes halogenated alkanes) is 1. The SMILES string of the molecule is CCCCC1CCC(C(=O)Nc2cccc(CCl)c2)CC1. The van der Waals surface area contributed by atoms with Crippen molar-refractivity contribution < 1.29 is 4.79 Å². The minimum Gasteiger partial charge on any atom is -0.326 e. The quantitative estimate of drug-likeness (QED) is 0.704. The van der Waals surface area contributed by atoms with Crippen LogP contribution in [0, 0.1) is 11.8 Å². The fraction of sp³-hybridized carbons (Fsp3) is 0.611. The molecule has 0 aliphatic heterocycles. The van der Waals surface area contributed by atoms with E-state index in [2.05, 4.69) is 12.2 Å². The van der Waals surface area contributed by atoms with Gasteiger partial charge in [-0.3, -0.25) is 4.79 Å². The van der Waals surface area contributed by atoms with Crippen molar-refractivity contribution in [2.24, 2.45) is 11.8 Å². The fourth-order valence-corrected chi connectivity index (χ4v) is 3.35. The number of hydrogen-bond acceptors (Lipinski definition) is 1. The Balaban J connectivity index is 1.81. The van der Waals surface area contributed by atoms with Gasteiger partial charge in [0.1, 0.15) is 0 Å². The Labute approximate surface area is 133 Å². The van der Waals surface area contributed by atoms with Gasteiger partial charge in [-0.2, -0.15) is 0 Å². The number of amides is 1. The minimum atomic E-state index is 0.177. The average Bonchev–Trinajstić information content (AvgIpc) is 2.53. The zero-order valence-corrected chi connectivity index (χ0v) is 13.7. The highest BCUT2D eigenvalue weighted by Gasteiger charge is 2.25. The van der Waals surface area contributed by atoms with E-state index in [1.165, 1.54) is 32.1 Å². The second-order valence-corrected chi connectivity index (χ2v) is 6.45. The average molecular weight is 308 g/mol. The molecule has 21 heavy (non-hydrogen) atoms. The number of rotatable bonds is 6. The Morgan fingerprint density at radius 3 is 2.71 bits per heavy atom. The van der Waals surface area contributed by atoms with E-state index in [4.69, 9.17) is 11.6 Å². The van der Waals surface area contributed by atoms with Gasteiger partial charge >= 0.3 is 0 Å². The van der Waals surface area contributed by atoms with Crippen LogP contribution in [0.15, 0.2) is 24.3 Å². The lowest BCUT2D eigenvalue weighted by Gasteiger charge is -2.27. The molecule has 1 aromatic rings. The maximum absolute atomic E-state index is 12.3. The van der Waals surface area contributed by atoms with Crippen molar-refractivity contribution in [3.05, 3.63) is 29.8 Å². The topological polar surface area (TPSA) is 29.1 Å². The first-order valence-electron chi connectivity index (χ1n) is 8.18. The minimum absolute atomic E-state index is 0.177. The van der Waals surface area contributed by atoms with Crippen molar-refractivity contribution in [3.63, 3.8) is 0 Å². The zero-order valence-electron chi connectivity index (χ0n) is 12.9. The molecular weight excluding hydrogens is 282 g/mol. The van der Waals surface area contributed by atoms with E-state index in [1.807, 2.05) is 24.3 Å². The summed E-state index contributed by atoms with van der Waals surface area (Å²) in [5, 5.41) is 3.05. The smallest absolute Gasteiger partial charge is 0.227 e. The molecule has 1 aliphatic rings. The molecule has 1 saturated carbocycles. The van der Waals surface area contributed by atoms with Crippen LogP contribution in [0.5, 0.6) is 0 Å². The van der Waals surface area contributed by atoms with Crippen LogP contribution >= 0.6 is 11.6 Å². The number of benzene rings is 1. The van der Waals surface area contributed by atoms with E-state index in [0.29, 0.717) is 5.88 Å². The number of anilines is 1. The van der Waals surface area contributed by atoms with Crippen LogP contribution in [-0.2, 0) is 10.7 Å². The standard InChI is InChI=1S/C18H26ClNO/c1-2-3-5-14-8-10-16(11-9-14)18(21)20-17-7-4-6-15(12-17)13-19/h4,6-7,12,14,16H,2-3,5,8-11,13H2,1H3,(H,20,21). The van der Waals surface area contributed by atoms with Gasteiger partial charge in [0.05, 0.1) is 0 Å². The van der Waals surface area contributed by atoms with Gasteiger partial charge in [-0.1, -0.05) is 38.3 Å². The van der Waals surface area contributed by atoms with Crippen molar-refractivity contribution in [2.45, 2.75) is 57.7 Å². The molecule has 1 amide bonds. The first kappa shape index (κ1) is 16.4. The predicted octanol–water partition coefficient (Wildman–Crippen LogP) is 5.36. The molecule has 116 valence electrons. The van der Waals surface area contributed by atoms with Crippen LogP contribution in [0.25, 0.3) is 0 Å². The zero-order chi connectivity index (χ0) is 15.1. The summed E-state index contributed by atoms with van der Waals surface area (Å²) >= 11 is 5.83. The molecule has 0 aromatic heterocycles. The normalized spacial score (nSPS) is 22.0. The maximum atomic E-state index is 12.3. The molecule has 0 radical (unpaired) electrons. The summed E-state index contributed by atoms with van der Waals surface area (Å²) in [4.78, 5) is 12.3. The lowest BCUT2D eigenvalue weighted by molar-refractivity contribution is -0.121. The monoisotopic (exact) mass is 307 g/mol. The Morgan fingerprint density at radius 2 is 2.05 bits per heavy atom. The summed E-state index contributed by atoms with van der Waals surface area (Å²) in [7, 11) is 0. The van der Waals surface area contributed by atoms with E-state index in [-0.39, 0.29) is 11.8 Å². The van der Waals surface area contributed by atoms with Crippen LogP contribution < -0.4 is 5.32 Å². The number of nitrogens with one attached hydrogen (secondary N) is 1. The lowest BCUT2D eigenvalue weighted by atomic mass is 9.79. The third-order valence-electron chi connectivity index (χ3n) is 4.53. The summed E-state index contributed by atoms with van der Waals surface area (Å²) in [6, 6.07) is 7.80. The summed E-state index contributed by atoms with van der Waals surface area (Å²) in [5.41, 5.74) is 1.91. The van der Waals surface area contributed by atoms with Crippen molar-refractivity contribution in [3.8, 4) is 0 Å². The Hall–Kier alpha value is -1.02. The van der Waals surface area contributed by atoms with E-state index >= 15 is 0 Å². The molecule has 0 heterocycles. The van der Waals surface area contributed by atoms with E-state index < -0.39 is 0 Å². The van der Waals surface area contributed by atoms with E-state index in [9.17, 15) is 4.79 Å². The van der Waals surface area contributed by atoms with Crippen molar-refractivity contribution in [1.82, 2.24) is 0 Å². The molecule has 3 heteroatoms. The molecule has 0 spiro atoms. The van der Waals surface area contributed by atoms with Gasteiger partial charge < -0.3 is 5.32 Å². The van der Waals surface area contributed by atoms with Gasteiger partial charge in [-0.05, 0) is 49.3 Å². The first-order valence-corrected chi connectivity index (χ1v) is 8.72. The summed E-state index contributed by atoms with van der Waals surface area (Å²) < 4.78 is 0. The molecule has 1 N–H and O–H groups in total. The van der Waals surface area contributed by atoms with Crippen LogP contribution in [0.1, 0.15) is 57.4 Å². The molecule has 0 unspecified atom stereocenters. The van der Waals surface area contributed by atoms with Gasteiger partial charge in [-0.25, -0.2) is 0 Å². The fourth-order valence-electron chi connectivity index (χ4n) is 3.18.